The van der Waals surface area contributed by atoms with Gasteiger partial charge in [0.15, 0.2) is 0 Å². The van der Waals surface area contributed by atoms with Gasteiger partial charge >= 0.3 is 5.97 Å². The molecule has 1 aromatic carbocycles. The Balaban J connectivity index is 2.49. The smallest absolute Gasteiger partial charge is 0.337 e. The fourth-order valence-electron chi connectivity index (χ4n) is 1.78. The molecule has 0 amide bonds. The predicted molar refractivity (Wildman–Crippen MR) is 64.0 cm³/mol. The van der Waals surface area contributed by atoms with Crippen LogP contribution in [0.4, 0.5) is 0 Å². The van der Waals surface area contributed by atoms with E-state index in [1.807, 2.05) is 28.8 Å². The van der Waals surface area contributed by atoms with Crippen molar-refractivity contribution in [3.8, 4) is 11.4 Å². The molecular formula is C13H13NO3. The van der Waals surface area contributed by atoms with E-state index in [-0.39, 0.29) is 0 Å². The Morgan fingerprint density at radius 2 is 2.12 bits per heavy atom. The third-order valence-corrected chi connectivity index (χ3v) is 2.70. The summed E-state index contributed by atoms with van der Waals surface area (Å²) in [5.41, 5.74) is 1.90. The van der Waals surface area contributed by atoms with Crippen molar-refractivity contribution in [2.75, 3.05) is 7.11 Å². The fourth-order valence-corrected chi connectivity index (χ4v) is 1.78. The van der Waals surface area contributed by atoms with Crippen LogP contribution in [0.15, 0.2) is 36.5 Å². The van der Waals surface area contributed by atoms with Gasteiger partial charge in [-0.2, -0.15) is 0 Å². The first-order chi connectivity index (χ1) is 8.13. The van der Waals surface area contributed by atoms with E-state index < -0.39 is 5.97 Å². The summed E-state index contributed by atoms with van der Waals surface area (Å²) in [4.78, 5) is 11.0. The Hall–Kier alpha value is -2.23. The molecule has 4 nitrogen and oxygen atoms in total. The summed E-state index contributed by atoms with van der Waals surface area (Å²) in [7, 11) is 1.60. The number of hydrogen-bond donors (Lipinski definition) is 1. The molecule has 0 bridgehead atoms. The maximum absolute atomic E-state index is 11.0. The van der Waals surface area contributed by atoms with E-state index >= 15 is 0 Å². The summed E-state index contributed by atoms with van der Waals surface area (Å²) in [5.74, 6) is -0.170. The quantitative estimate of drug-likeness (QED) is 0.882. The number of ether oxygens (including phenoxy) is 1. The lowest BCUT2D eigenvalue weighted by atomic mass is 10.2. The maximum atomic E-state index is 11.0. The van der Waals surface area contributed by atoms with Gasteiger partial charge in [0, 0.05) is 23.6 Å². The zero-order valence-electron chi connectivity index (χ0n) is 9.68. The van der Waals surface area contributed by atoms with Crippen molar-refractivity contribution in [1.29, 1.82) is 0 Å². The number of carboxylic acid groups (broad SMARTS) is 1. The van der Waals surface area contributed by atoms with Crippen LogP contribution in [0, 0.1) is 6.92 Å². The Morgan fingerprint density at radius 1 is 1.35 bits per heavy atom. The van der Waals surface area contributed by atoms with Crippen LogP contribution in [0.1, 0.15) is 16.1 Å². The van der Waals surface area contributed by atoms with Crippen molar-refractivity contribution < 1.29 is 14.6 Å². The van der Waals surface area contributed by atoms with E-state index in [1.165, 1.54) is 0 Å². The van der Waals surface area contributed by atoms with Gasteiger partial charge in [-0.15, -0.1) is 0 Å². The summed E-state index contributed by atoms with van der Waals surface area (Å²) < 4.78 is 6.97. The molecule has 0 saturated heterocycles. The Labute approximate surface area is 99.1 Å². The van der Waals surface area contributed by atoms with Gasteiger partial charge in [0.05, 0.1) is 12.7 Å². The number of hydrogen-bond acceptors (Lipinski definition) is 2. The highest BCUT2D eigenvalue weighted by Crippen LogP contribution is 2.20. The Bertz CT molecular complexity index is 558. The molecule has 0 aliphatic carbocycles. The Kier molecular flexibility index (Phi) is 2.87. The van der Waals surface area contributed by atoms with Gasteiger partial charge in [-0.05, 0) is 25.1 Å². The fraction of sp³-hybridized carbons (Fsp3) is 0.154. The van der Waals surface area contributed by atoms with Crippen LogP contribution in [-0.4, -0.2) is 22.8 Å². The first-order valence-corrected chi connectivity index (χ1v) is 5.19. The molecule has 0 fully saturated rings. The van der Waals surface area contributed by atoms with Gasteiger partial charge in [-0.25, -0.2) is 4.79 Å². The second-order valence-corrected chi connectivity index (χ2v) is 3.69. The molecule has 0 unspecified atom stereocenters. The molecule has 1 N–H and O–H groups in total. The third-order valence-electron chi connectivity index (χ3n) is 2.70. The van der Waals surface area contributed by atoms with Crippen molar-refractivity contribution in [2.24, 2.45) is 0 Å². The minimum Gasteiger partial charge on any atom is -0.497 e. The first kappa shape index (κ1) is 11.3. The van der Waals surface area contributed by atoms with E-state index in [2.05, 4.69) is 0 Å². The zero-order valence-corrected chi connectivity index (χ0v) is 9.68. The van der Waals surface area contributed by atoms with Crippen molar-refractivity contribution in [3.63, 3.8) is 0 Å². The topological polar surface area (TPSA) is 51.5 Å². The molecule has 0 atom stereocenters. The van der Waals surface area contributed by atoms with Crippen LogP contribution >= 0.6 is 0 Å². The van der Waals surface area contributed by atoms with Crippen LogP contribution in [0.25, 0.3) is 5.69 Å². The van der Waals surface area contributed by atoms with Crippen molar-refractivity contribution in [2.45, 2.75) is 6.92 Å². The van der Waals surface area contributed by atoms with E-state index in [0.29, 0.717) is 11.3 Å². The molecule has 2 rings (SSSR count). The van der Waals surface area contributed by atoms with Crippen LogP contribution < -0.4 is 4.74 Å². The lowest BCUT2D eigenvalue weighted by molar-refractivity contribution is 0.0696. The molecule has 2 aromatic rings. The highest BCUT2D eigenvalue weighted by Gasteiger charge is 2.12. The number of aromatic nitrogens is 1. The van der Waals surface area contributed by atoms with E-state index in [0.717, 1.165) is 11.4 Å². The molecule has 0 saturated carbocycles. The lowest BCUT2D eigenvalue weighted by Gasteiger charge is -2.08. The molecule has 88 valence electrons. The standard InChI is InChI=1S/C13H13NO3/c1-9-12(13(15)16)6-7-14(9)10-4-3-5-11(8-10)17-2/h3-8H,1-2H3,(H,15,16). The van der Waals surface area contributed by atoms with Crippen LogP contribution in [0.5, 0.6) is 5.75 Å². The van der Waals surface area contributed by atoms with Crippen LogP contribution in [0.2, 0.25) is 0 Å². The minimum absolute atomic E-state index is 0.313. The average molecular weight is 231 g/mol. The average Bonchev–Trinajstić information content (AvgIpc) is 2.71. The molecular weight excluding hydrogens is 218 g/mol. The third kappa shape index (κ3) is 2.01. The number of aromatic carboxylic acids is 1. The highest BCUT2D eigenvalue weighted by atomic mass is 16.5. The molecule has 0 spiro atoms. The number of methoxy groups -OCH3 is 1. The molecule has 0 aliphatic rings. The molecule has 1 aromatic heterocycles. The monoisotopic (exact) mass is 231 g/mol. The normalized spacial score (nSPS) is 10.2. The number of carbonyl (C=O) groups is 1. The van der Waals surface area contributed by atoms with Gasteiger partial charge < -0.3 is 14.4 Å². The molecule has 17 heavy (non-hydrogen) atoms. The SMILES string of the molecule is COc1cccc(-n2ccc(C(=O)O)c2C)c1. The summed E-state index contributed by atoms with van der Waals surface area (Å²) in [5, 5.41) is 8.99. The first-order valence-electron chi connectivity index (χ1n) is 5.19. The largest absolute Gasteiger partial charge is 0.497 e. The predicted octanol–water partition coefficient (Wildman–Crippen LogP) is 2.49. The minimum atomic E-state index is -0.913. The zero-order chi connectivity index (χ0) is 12.4. The summed E-state index contributed by atoms with van der Waals surface area (Å²) in [6, 6.07) is 9.07. The second kappa shape index (κ2) is 4.33. The molecule has 4 heteroatoms. The summed E-state index contributed by atoms with van der Waals surface area (Å²) >= 11 is 0. The lowest BCUT2D eigenvalue weighted by Crippen LogP contribution is -2.01. The summed E-state index contributed by atoms with van der Waals surface area (Å²) in [6.45, 7) is 1.78. The van der Waals surface area contributed by atoms with E-state index in [1.54, 1.807) is 26.3 Å². The van der Waals surface area contributed by atoms with Crippen molar-refractivity contribution in [1.82, 2.24) is 4.57 Å². The van der Waals surface area contributed by atoms with Gasteiger partial charge in [0.1, 0.15) is 5.75 Å². The second-order valence-electron chi connectivity index (χ2n) is 3.69. The molecule has 1 heterocycles. The Morgan fingerprint density at radius 3 is 2.71 bits per heavy atom. The maximum Gasteiger partial charge on any atom is 0.337 e. The number of carboxylic acids is 1. The highest BCUT2D eigenvalue weighted by molar-refractivity contribution is 5.89. The van der Waals surface area contributed by atoms with Crippen LogP contribution in [-0.2, 0) is 0 Å². The van der Waals surface area contributed by atoms with Gasteiger partial charge in [-0.1, -0.05) is 6.07 Å². The number of benzene rings is 1. The number of nitrogens with zero attached hydrogens (tertiary/aromatic N) is 1. The molecule has 0 radical (unpaired) electrons. The van der Waals surface area contributed by atoms with E-state index in [9.17, 15) is 4.79 Å². The molecule has 0 aliphatic heterocycles. The van der Waals surface area contributed by atoms with Crippen molar-refractivity contribution >= 4 is 5.97 Å². The van der Waals surface area contributed by atoms with Crippen molar-refractivity contribution in [3.05, 3.63) is 47.8 Å². The number of rotatable bonds is 3. The van der Waals surface area contributed by atoms with Crippen LogP contribution in [0.3, 0.4) is 0 Å². The summed E-state index contributed by atoms with van der Waals surface area (Å²) in [6.07, 6.45) is 1.74. The van der Waals surface area contributed by atoms with Gasteiger partial charge in [0.2, 0.25) is 0 Å². The van der Waals surface area contributed by atoms with Gasteiger partial charge in [-0.3, -0.25) is 0 Å². The van der Waals surface area contributed by atoms with Gasteiger partial charge in [0.25, 0.3) is 0 Å². The van der Waals surface area contributed by atoms with E-state index in [4.69, 9.17) is 9.84 Å².